The van der Waals surface area contributed by atoms with Gasteiger partial charge in [0.2, 0.25) is 0 Å². The summed E-state index contributed by atoms with van der Waals surface area (Å²) in [4.78, 5) is 0. The molecule has 0 heterocycles. The van der Waals surface area contributed by atoms with Crippen molar-refractivity contribution in [2.45, 2.75) is 57.6 Å². The summed E-state index contributed by atoms with van der Waals surface area (Å²) in [6, 6.07) is 0. The SMILES string of the molecule is C=CCS(=O)(=O)C([CH]CCCC)CCCC. The zero-order chi connectivity index (χ0) is 12.4. The number of rotatable bonds is 10. The van der Waals surface area contributed by atoms with Gasteiger partial charge in [-0.2, -0.15) is 0 Å². The van der Waals surface area contributed by atoms with Gasteiger partial charge in [-0.15, -0.1) is 6.58 Å². The molecule has 1 unspecified atom stereocenters. The van der Waals surface area contributed by atoms with Crippen LogP contribution in [-0.2, 0) is 9.84 Å². The molecule has 0 spiro atoms. The molecule has 0 aliphatic heterocycles. The Labute approximate surface area is 101 Å². The molecule has 0 aliphatic rings. The Morgan fingerprint density at radius 3 is 2.31 bits per heavy atom. The molecule has 2 nitrogen and oxygen atoms in total. The van der Waals surface area contributed by atoms with E-state index in [-0.39, 0.29) is 11.0 Å². The molecule has 0 aromatic heterocycles. The molecule has 1 radical (unpaired) electrons. The van der Waals surface area contributed by atoms with Gasteiger partial charge in [-0.25, -0.2) is 8.42 Å². The minimum absolute atomic E-state index is 0.101. The minimum atomic E-state index is -3.00. The highest BCUT2D eigenvalue weighted by Crippen LogP contribution is 2.17. The smallest absolute Gasteiger partial charge is 0.156 e. The number of hydrogen-bond acceptors (Lipinski definition) is 2. The zero-order valence-corrected chi connectivity index (χ0v) is 11.4. The van der Waals surface area contributed by atoms with E-state index in [1.165, 1.54) is 6.08 Å². The van der Waals surface area contributed by atoms with Gasteiger partial charge in [0.05, 0.1) is 11.0 Å². The van der Waals surface area contributed by atoms with Crippen LogP contribution >= 0.6 is 0 Å². The highest BCUT2D eigenvalue weighted by atomic mass is 32.2. The van der Waals surface area contributed by atoms with E-state index >= 15 is 0 Å². The predicted molar refractivity (Wildman–Crippen MR) is 71.1 cm³/mol. The van der Waals surface area contributed by atoms with Crippen molar-refractivity contribution >= 4 is 9.84 Å². The fourth-order valence-electron chi connectivity index (χ4n) is 1.65. The second kappa shape index (κ2) is 8.80. The van der Waals surface area contributed by atoms with Crippen LogP contribution in [0.25, 0.3) is 0 Å². The third kappa shape index (κ3) is 6.31. The van der Waals surface area contributed by atoms with Gasteiger partial charge in [-0.05, 0) is 19.3 Å². The van der Waals surface area contributed by atoms with Crippen LogP contribution in [0, 0.1) is 6.42 Å². The maximum atomic E-state index is 11.9. The first-order chi connectivity index (χ1) is 7.58. The van der Waals surface area contributed by atoms with Crippen molar-refractivity contribution in [3.8, 4) is 0 Å². The largest absolute Gasteiger partial charge is 0.228 e. The maximum absolute atomic E-state index is 11.9. The molecule has 0 rings (SSSR count). The monoisotopic (exact) mass is 245 g/mol. The topological polar surface area (TPSA) is 34.1 Å². The van der Waals surface area contributed by atoms with Crippen molar-refractivity contribution < 1.29 is 8.42 Å². The fraction of sp³-hybridized carbons (Fsp3) is 0.769. The van der Waals surface area contributed by atoms with Crippen molar-refractivity contribution in [2.75, 3.05) is 5.75 Å². The van der Waals surface area contributed by atoms with Gasteiger partial charge < -0.3 is 0 Å². The summed E-state index contributed by atoms with van der Waals surface area (Å²) in [6.07, 6.45) is 9.34. The Morgan fingerprint density at radius 1 is 1.19 bits per heavy atom. The van der Waals surface area contributed by atoms with Crippen LogP contribution in [0.5, 0.6) is 0 Å². The van der Waals surface area contributed by atoms with Gasteiger partial charge in [0, 0.05) is 0 Å². The summed E-state index contributed by atoms with van der Waals surface area (Å²) in [7, 11) is -3.00. The average Bonchev–Trinajstić information content (AvgIpc) is 2.22. The molecule has 0 aromatic rings. The molecule has 0 fully saturated rings. The third-order valence-electron chi connectivity index (χ3n) is 2.64. The van der Waals surface area contributed by atoms with Crippen LogP contribution in [-0.4, -0.2) is 19.4 Å². The summed E-state index contributed by atoms with van der Waals surface area (Å²) in [6.45, 7) is 7.72. The predicted octanol–water partition coefficient (Wildman–Crippen LogP) is 3.54. The molecule has 1 atom stereocenters. The molecule has 16 heavy (non-hydrogen) atoms. The van der Waals surface area contributed by atoms with Crippen LogP contribution in [0.1, 0.15) is 52.4 Å². The number of unbranched alkanes of at least 4 members (excludes halogenated alkanes) is 3. The first-order valence-corrected chi connectivity index (χ1v) is 7.95. The molecule has 0 saturated carbocycles. The first-order valence-electron chi connectivity index (χ1n) is 6.24. The lowest BCUT2D eigenvalue weighted by Gasteiger charge is -2.15. The minimum Gasteiger partial charge on any atom is -0.228 e. The third-order valence-corrected chi connectivity index (χ3v) is 4.69. The van der Waals surface area contributed by atoms with Crippen LogP contribution in [0.15, 0.2) is 12.7 Å². The molecule has 0 amide bonds. The van der Waals surface area contributed by atoms with E-state index in [2.05, 4.69) is 20.4 Å². The van der Waals surface area contributed by atoms with Crippen molar-refractivity contribution in [2.24, 2.45) is 0 Å². The summed E-state index contributed by atoms with van der Waals surface area (Å²) in [5.74, 6) is 0.101. The van der Waals surface area contributed by atoms with E-state index in [1.807, 2.05) is 6.42 Å². The van der Waals surface area contributed by atoms with Gasteiger partial charge in [0.1, 0.15) is 0 Å². The Kier molecular flexibility index (Phi) is 8.63. The molecule has 3 heteroatoms. The van der Waals surface area contributed by atoms with Gasteiger partial charge >= 0.3 is 0 Å². The van der Waals surface area contributed by atoms with E-state index in [0.717, 1.165) is 38.5 Å². The number of sulfone groups is 1. The maximum Gasteiger partial charge on any atom is 0.156 e. The fourth-order valence-corrected chi connectivity index (χ4v) is 3.18. The Hall–Kier alpha value is -0.310. The zero-order valence-electron chi connectivity index (χ0n) is 10.6. The molecule has 0 N–H and O–H groups in total. The molecule has 95 valence electrons. The van der Waals surface area contributed by atoms with Crippen LogP contribution in [0.4, 0.5) is 0 Å². The standard InChI is InChI=1S/C13H25O2S/c1-4-7-9-11-13(10-8-5-2)16(14,15)12-6-3/h6,11,13H,3-5,7-10,12H2,1-2H3. The van der Waals surface area contributed by atoms with Crippen LogP contribution in [0.2, 0.25) is 0 Å². The van der Waals surface area contributed by atoms with Crippen LogP contribution in [0.3, 0.4) is 0 Å². The lowest BCUT2D eigenvalue weighted by molar-refractivity contribution is 0.571. The molecule has 0 bridgehead atoms. The summed E-state index contributed by atoms with van der Waals surface area (Å²) in [5, 5.41) is -0.267. The van der Waals surface area contributed by atoms with Gasteiger partial charge in [0.15, 0.2) is 9.84 Å². The highest BCUT2D eigenvalue weighted by molar-refractivity contribution is 7.92. The first kappa shape index (κ1) is 15.7. The second-order valence-electron chi connectivity index (χ2n) is 4.18. The van der Waals surface area contributed by atoms with E-state index < -0.39 is 9.84 Å². The highest BCUT2D eigenvalue weighted by Gasteiger charge is 2.23. The quantitative estimate of drug-likeness (QED) is 0.436. The van der Waals surface area contributed by atoms with Crippen molar-refractivity contribution in [1.29, 1.82) is 0 Å². The van der Waals surface area contributed by atoms with Gasteiger partial charge in [-0.1, -0.05) is 45.6 Å². The molecule has 0 saturated heterocycles. The average molecular weight is 245 g/mol. The lowest BCUT2D eigenvalue weighted by atomic mass is 10.1. The van der Waals surface area contributed by atoms with Crippen molar-refractivity contribution in [3.63, 3.8) is 0 Å². The van der Waals surface area contributed by atoms with E-state index in [0.29, 0.717) is 0 Å². The van der Waals surface area contributed by atoms with Gasteiger partial charge in [0.25, 0.3) is 0 Å². The molecule has 0 aliphatic carbocycles. The molecule has 0 aromatic carbocycles. The summed E-state index contributed by atoms with van der Waals surface area (Å²) < 4.78 is 23.9. The Morgan fingerprint density at radius 2 is 1.81 bits per heavy atom. The summed E-state index contributed by atoms with van der Waals surface area (Å²) in [5.41, 5.74) is 0. The van der Waals surface area contributed by atoms with E-state index in [1.54, 1.807) is 0 Å². The normalized spacial score (nSPS) is 13.6. The van der Waals surface area contributed by atoms with Gasteiger partial charge in [-0.3, -0.25) is 0 Å². The van der Waals surface area contributed by atoms with Crippen molar-refractivity contribution in [3.05, 3.63) is 19.1 Å². The molecular formula is C13H25O2S. The lowest BCUT2D eigenvalue weighted by Crippen LogP contribution is -2.24. The second-order valence-corrected chi connectivity index (χ2v) is 6.44. The Balaban J connectivity index is 4.33. The Bertz CT molecular complexity index is 268. The van der Waals surface area contributed by atoms with Crippen molar-refractivity contribution in [1.82, 2.24) is 0 Å². The van der Waals surface area contributed by atoms with E-state index in [4.69, 9.17) is 0 Å². The summed E-state index contributed by atoms with van der Waals surface area (Å²) >= 11 is 0. The molecular weight excluding hydrogens is 220 g/mol. The van der Waals surface area contributed by atoms with Crippen LogP contribution < -0.4 is 0 Å². The number of hydrogen-bond donors (Lipinski definition) is 0. The van der Waals surface area contributed by atoms with E-state index in [9.17, 15) is 8.42 Å².